The Morgan fingerprint density at radius 1 is 0.357 bits per heavy atom. The normalized spacial score (nSPS) is 12.6. The molecule has 0 amide bonds. The fraction of sp³-hybridized carbons (Fsp3) is 0. The molecule has 1 aromatic heterocycles. The van der Waals surface area contributed by atoms with Gasteiger partial charge in [-0.1, -0.05) is 170 Å². The van der Waals surface area contributed by atoms with Crippen molar-refractivity contribution in [2.75, 3.05) is 4.90 Å². The predicted octanol–water partition coefficient (Wildman–Crippen LogP) is 15.5. The SMILES string of the molecule is [2H]c1c([2H])c(N(c2ccc(-c3cccc4ccccc34)cc2)c2ccccc2-c2cccc3ccc4c5ccccc5oc4c23)c([2H])c([2H])c1-c1cccc2ccccc12. The van der Waals surface area contributed by atoms with Crippen molar-refractivity contribution in [1.82, 2.24) is 0 Å². The standard InChI is InChI=1S/C54H35NO/c1-3-17-43-36(12-1)14-9-21-45(43)38-26-31-41(32-27-38)55(42-33-28-39(29-34-42)46-22-10-15-37-13-2-4-18-44(37)46)51-24-7-5-19-47(51)49-23-11-16-40-30-35-50-48-20-6-8-25-52(48)56-54(50)53(40)49/h1-35H/i26D,27D,31D,32D. The van der Waals surface area contributed by atoms with Gasteiger partial charge in [-0.15, -0.1) is 0 Å². The Balaban J connectivity index is 1.17. The molecule has 0 atom stereocenters. The Bertz CT molecular complexity index is 3460. The number of hydrogen-bond acceptors (Lipinski definition) is 2. The second kappa shape index (κ2) is 13.2. The van der Waals surface area contributed by atoms with Gasteiger partial charge in [0.25, 0.3) is 0 Å². The van der Waals surface area contributed by atoms with Crippen LogP contribution >= 0.6 is 0 Å². The van der Waals surface area contributed by atoms with Crippen LogP contribution in [0.2, 0.25) is 0 Å². The Labute approximate surface area is 330 Å². The molecule has 0 fully saturated rings. The second-order valence-electron chi connectivity index (χ2n) is 14.1. The van der Waals surface area contributed by atoms with Gasteiger partial charge in [-0.3, -0.25) is 0 Å². The van der Waals surface area contributed by atoms with Crippen LogP contribution in [0.3, 0.4) is 0 Å². The molecule has 0 saturated carbocycles. The van der Waals surface area contributed by atoms with E-state index in [0.717, 1.165) is 76.5 Å². The van der Waals surface area contributed by atoms with Crippen LogP contribution in [0.25, 0.3) is 87.6 Å². The average molecular weight is 718 g/mol. The number of anilines is 3. The molecule has 2 nitrogen and oxygen atoms in total. The van der Waals surface area contributed by atoms with Crippen molar-refractivity contribution in [1.29, 1.82) is 0 Å². The molecule has 0 spiro atoms. The van der Waals surface area contributed by atoms with Gasteiger partial charge in [0.05, 0.1) is 11.2 Å². The van der Waals surface area contributed by atoms with E-state index in [1.54, 1.807) is 0 Å². The number of nitrogens with zero attached hydrogens (tertiary/aromatic N) is 1. The molecule has 0 N–H and O–H groups in total. The van der Waals surface area contributed by atoms with Gasteiger partial charge < -0.3 is 9.32 Å². The van der Waals surface area contributed by atoms with Crippen LogP contribution in [0.5, 0.6) is 0 Å². The van der Waals surface area contributed by atoms with Gasteiger partial charge >= 0.3 is 0 Å². The second-order valence-corrected chi connectivity index (χ2v) is 14.1. The monoisotopic (exact) mass is 717 g/mol. The molecule has 1 heterocycles. The minimum Gasteiger partial charge on any atom is -0.455 e. The van der Waals surface area contributed by atoms with Crippen LogP contribution < -0.4 is 4.90 Å². The fourth-order valence-corrected chi connectivity index (χ4v) is 8.32. The average Bonchev–Trinajstić information content (AvgIpc) is 3.69. The summed E-state index contributed by atoms with van der Waals surface area (Å²) in [6.07, 6.45) is 0. The number of furan rings is 1. The van der Waals surface area contributed by atoms with Crippen LogP contribution in [0.15, 0.2) is 217 Å². The number of para-hydroxylation sites is 2. The third-order valence-corrected chi connectivity index (χ3v) is 10.9. The van der Waals surface area contributed by atoms with Gasteiger partial charge in [0.2, 0.25) is 0 Å². The summed E-state index contributed by atoms with van der Waals surface area (Å²) in [5, 5.41) is 8.16. The molecule has 0 aliphatic rings. The fourth-order valence-electron chi connectivity index (χ4n) is 8.32. The summed E-state index contributed by atoms with van der Waals surface area (Å²) in [6, 6.07) is 62.5. The molecular formula is C54H35NO. The van der Waals surface area contributed by atoms with E-state index < -0.39 is 0 Å². The zero-order valence-electron chi connectivity index (χ0n) is 34.3. The molecule has 11 rings (SSSR count). The van der Waals surface area contributed by atoms with Crippen LogP contribution in [-0.2, 0) is 0 Å². The first-order chi connectivity index (χ1) is 29.5. The molecule has 0 radical (unpaired) electrons. The van der Waals surface area contributed by atoms with Crippen LogP contribution in [-0.4, -0.2) is 0 Å². The van der Waals surface area contributed by atoms with Crippen molar-refractivity contribution in [2.45, 2.75) is 0 Å². The zero-order valence-corrected chi connectivity index (χ0v) is 30.3. The molecule has 0 aliphatic carbocycles. The molecule has 262 valence electrons. The predicted molar refractivity (Wildman–Crippen MR) is 237 cm³/mol. The van der Waals surface area contributed by atoms with Crippen molar-refractivity contribution in [3.05, 3.63) is 212 Å². The first kappa shape index (κ1) is 28.1. The summed E-state index contributed by atoms with van der Waals surface area (Å²) in [6.45, 7) is 0. The third-order valence-electron chi connectivity index (χ3n) is 10.9. The van der Waals surface area contributed by atoms with E-state index in [9.17, 15) is 5.48 Å². The highest BCUT2D eigenvalue weighted by atomic mass is 16.3. The summed E-state index contributed by atoms with van der Waals surface area (Å²) in [7, 11) is 0. The van der Waals surface area contributed by atoms with E-state index >= 15 is 0 Å². The number of fused-ring (bicyclic) bond motifs is 7. The Hall–Kier alpha value is -7.42. The quantitative estimate of drug-likeness (QED) is 0.170. The van der Waals surface area contributed by atoms with Gasteiger partial charge in [-0.25, -0.2) is 0 Å². The van der Waals surface area contributed by atoms with E-state index in [-0.39, 0.29) is 35.4 Å². The van der Waals surface area contributed by atoms with Gasteiger partial charge in [-0.2, -0.15) is 0 Å². The Kier molecular flexibility index (Phi) is 6.60. The van der Waals surface area contributed by atoms with Crippen LogP contribution in [0, 0.1) is 0 Å². The molecule has 0 bridgehead atoms. The lowest BCUT2D eigenvalue weighted by molar-refractivity contribution is 0.673. The number of hydrogen-bond donors (Lipinski definition) is 0. The van der Waals surface area contributed by atoms with E-state index in [2.05, 4.69) is 84.9 Å². The first-order valence-corrected chi connectivity index (χ1v) is 18.9. The Morgan fingerprint density at radius 2 is 0.911 bits per heavy atom. The third kappa shape index (κ3) is 5.26. The smallest absolute Gasteiger partial charge is 0.143 e. The maximum absolute atomic E-state index is 9.76. The highest BCUT2D eigenvalue weighted by Crippen LogP contribution is 2.46. The van der Waals surface area contributed by atoms with Gasteiger partial charge in [-0.05, 0) is 97.2 Å². The molecule has 11 aromatic rings. The lowest BCUT2D eigenvalue weighted by atomic mass is 9.94. The summed E-state index contributed by atoms with van der Waals surface area (Å²) in [4.78, 5) is 1.90. The molecular weight excluding hydrogens is 679 g/mol. The zero-order chi connectivity index (χ0) is 40.5. The summed E-state index contributed by atoms with van der Waals surface area (Å²) in [5.41, 5.74) is 7.98. The lowest BCUT2D eigenvalue weighted by Crippen LogP contribution is -2.11. The van der Waals surface area contributed by atoms with E-state index in [0.29, 0.717) is 16.9 Å². The largest absolute Gasteiger partial charge is 0.455 e. The van der Waals surface area contributed by atoms with E-state index in [1.165, 1.54) is 0 Å². The van der Waals surface area contributed by atoms with Crippen LogP contribution in [0.4, 0.5) is 17.1 Å². The van der Waals surface area contributed by atoms with E-state index in [4.69, 9.17) is 4.42 Å². The topological polar surface area (TPSA) is 16.4 Å². The van der Waals surface area contributed by atoms with Crippen molar-refractivity contribution in [3.63, 3.8) is 0 Å². The minimum atomic E-state index is -0.135. The lowest BCUT2D eigenvalue weighted by Gasteiger charge is -2.28. The van der Waals surface area contributed by atoms with Gasteiger partial charge in [0, 0.05) is 33.1 Å². The molecule has 2 heteroatoms. The molecule has 56 heavy (non-hydrogen) atoms. The number of rotatable bonds is 6. The van der Waals surface area contributed by atoms with Crippen molar-refractivity contribution >= 4 is 71.3 Å². The highest BCUT2D eigenvalue weighted by Gasteiger charge is 2.21. The summed E-state index contributed by atoms with van der Waals surface area (Å²) >= 11 is 0. The molecule has 0 saturated heterocycles. The van der Waals surface area contributed by atoms with E-state index in [1.807, 2.05) is 108 Å². The minimum absolute atomic E-state index is 0.105. The maximum Gasteiger partial charge on any atom is 0.143 e. The van der Waals surface area contributed by atoms with Gasteiger partial charge in [0.15, 0.2) is 0 Å². The van der Waals surface area contributed by atoms with Crippen molar-refractivity contribution < 1.29 is 9.90 Å². The number of benzene rings is 10. The molecule has 0 aliphatic heterocycles. The van der Waals surface area contributed by atoms with Crippen LogP contribution in [0.1, 0.15) is 5.48 Å². The molecule has 10 aromatic carbocycles. The summed E-state index contributed by atoms with van der Waals surface area (Å²) < 4.78 is 45.3. The highest BCUT2D eigenvalue weighted by molar-refractivity contribution is 6.19. The maximum atomic E-state index is 9.76. The Morgan fingerprint density at radius 3 is 1.64 bits per heavy atom. The first-order valence-electron chi connectivity index (χ1n) is 20.9. The van der Waals surface area contributed by atoms with Crippen molar-refractivity contribution in [2.24, 2.45) is 0 Å². The summed E-state index contributed by atoms with van der Waals surface area (Å²) in [5.74, 6) is 0. The van der Waals surface area contributed by atoms with Gasteiger partial charge in [0.1, 0.15) is 11.2 Å². The van der Waals surface area contributed by atoms with Crippen molar-refractivity contribution in [3.8, 4) is 33.4 Å². The molecule has 0 unspecified atom stereocenters.